The molecule has 18 heavy (non-hydrogen) atoms. The van der Waals surface area contributed by atoms with Crippen molar-refractivity contribution in [2.24, 2.45) is 0 Å². The maximum absolute atomic E-state index is 10.4. The van der Waals surface area contributed by atoms with Gasteiger partial charge in [0.2, 0.25) is 5.88 Å². The van der Waals surface area contributed by atoms with Crippen LogP contribution in [0.1, 0.15) is 5.56 Å². The molecule has 0 fully saturated rings. The molecule has 1 heterocycles. The maximum Gasteiger partial charge on any atom is 0.287 e. The van der Waals surface area contributed by atoms with Crippen molar-refractivity contribution in [3.05, 3.63) is 63.3 Å². The van der Waals surface area contributed by atoms with Crippen LogP contribution in [0.5, 0.6) is 5.88 Å². The molecule has 0 N–H and O–H groups in total. The second-order valence-electron chi connectivity index (χ2n) is 3.53. The number of nitrogens with zero attached hydrogens (tertiary/aromatic N) is 2. The molecule has 2 aromatic rings. The molecule has 2 rings (SSSR count). The Balaban J connectivity index is 1.97. The van der Waals surface area contributed by atoms with Gasteiger partial charge in [-0.25, -0.2) is 4.98 Å². The van der Waals surface area contributed by atoms with Crippen molar-refractivity contribution in [3.63, 3.8) is 0 Å². The lowest BCUT2D eigenvalue weighted by Crippen LogP contribution is -1.97. The average Bonchev–Trinajstić information content (AvgIpc) is 2.38. The van der Waals surface area contributed by atoms with E-state index < -0.39 is 4.92 Å². The van der Waals surface area contributed by atoms with E-state index in [1.807, 2.05) is 12.1 Å². The number of ether oxygens (including phenoxy) is 1. The van der Waals surface area contributed by atoms with E-state index in [2.05, 4.69) is 4.98 Å². The molecule has 0 aliphatic heterocycles. The Hall–Kier alpha value is -2.14. The lowest BCUT2D eigenvalue weighted by molar-refractivity contribution is -0.385. The van der Waals surface area contributed by atoms with Gasteiger partial charge >= 0.3 is 0 Å². The third-order valence-electron chi connectivity index (χ3n) is 2.23. The van der Waals surface area contributed by atoms with Crippen LogP contribution < -0.4 is 4.74 Å². The van der Waals surface area contributed by atoms with Gasteiger partial charge in [0.15, 0.2) is 0 Å². The van der Waals surface area contributed by atoms with Gasteiger partial charge in [-0.05, 0) is 17.7 Å². The number of benzene rings is 1. The number of halogens is 1. The fourth-order valence-corrected chi connectivity index (χ4v) is 1.43. The molecule has 0 bridgehead atoms. The molecule has 6 heteroatoms. The van der Waals surface area contributed by atoms with E-state index in [9.17, 15) is 10.1 Å². The van der Waals surface area contributed by atoms with Gasteiger partial charge in [0.05, 0.1) is 4.92 Å². The summed E-state index contributed by atoms with van der Waals surface area (Å²) in [7, 11) is 0. The normalized spacial score (nSPS) is 10.1. The van der Waals surface area contributed by atoms with Crippen molar-refractivity contribution >= 4 is 17.3 Å². The third kappa shape index (κ3) is 3.18. The number of nitro groups is 1. The minimum atomic E-state index is -0.504. The van der Waals surface area contributed by atoms with Gasteiger partial charge < -0.3 is 4.74 Å². The van der Waals surface area contributed by atoms with E-state index >= 15 is 0 Å². The van der Waals surface area contributed by atoms with Crippen LogP contribution in [0.4, 0.5) is 5.69 Å². The van der Waals surface area contributed by atoms with Crippen LogP contribution in [-0.4, -0.2) is 9.91 Å². The number of hydrogen-bond acceptors (Lipinski definition) is 4. The molecule has 0 amide bonds. The molecule has 92 valence electrons. The highest BCUT2D eigenvalue weighted by Gasteiger charge is 2.05. The molecule has 0 aliphatic carbocycles. The van der Waals surface area contributed by atoms with E-state index in [1.165, 1.54) is 12.1 Å². The van der Waals surface area contributed by atoms with Crippen LogP contribution in [0.25, 0.3) is 0 Å². The molecular formula is C12H9ClN2O3. The highest BCUT2D eigenvalue weighted by Crippen LogP contribution is 2.15. The van der Waals surface area contributed by atoms with Gasteiger partial charge in [0, 0.05) is 17.2 Å². The second-order valence-corrected chi connectivity index (χ2v) is 3.96. The van der Waals surface area contributed by atoms with Crippen molar-refractivity contribution in [2.75, 3.05) is 0 Å². The van der Waals surface area contributed by atoms with E-state index in [0.717, 1.165) is 11.8 Å². The zero-order chi connectivity index (χ0) is 13.0. The molecular weight excluding hydrogens is 256 g/mol. The number of hydrogen-bond donors (Lipinski definition) is 0. The van der Waals surface area contributed by atoms with Gasteiger partial charge in [-0.1, -0.05) is 23.7 Å². The lowest BCUT2D eigenvalue weighted by atomic mass is 10.2. The highest BCUT2D eigenvalue weighted by atomic mass is 35.5. The summed E-state index contributed by atoms with van der Waals surface area (Å²) in [5, 5.41) is 11.1. The van der Waals surface area contributed by atoms with Gasteiger partial charge in [0.25, 0.3) is 5.69 Å². The summed E-state index contributed by atoms with van der Waals surface area (Å²) in [6, 6.07) is 10.0. The molecule has 0 saturated carbocycles. The molecule has 0 radical (unpaired) electrons. The molecule has 1 aromatic carbocycles. The van der Waals surface area contributed by atoms with Gasteiger partial charge in [-0.15, -0.1) is 0 Å². The summed E-state index contributed by atoms with van der Waals surface area (Å²) >= 11 is 5.76. The summed E-state index contributed by atoms with van der Waals surface area (Å²) in [5.41, 5.74) is 0.883. The number of pyridine rings is 1. The first-order valence-corrected chi connectivity index (χ1v) is 5.50. The van der Waals surface area contributed by atoms with Crippen molar-refractivity contribution in [1.29, 1.82) is 0 Å². The smallest absolute Gasteiger partial charge is 0.287 e. The predicted molar refractivity (Wildman–Crippen MR) is 66.7 cm³/mol. The molecule has 0 saturated heterocycles. The zero-order valence-corrected chi connectivity index (χ0v) is 10.0. The fourth-order valence-electron chi connectivity index (χ4n) is 1.30. The lowest BCUT2D eigenvalue weighted by Gasteiger charge is -2.04. The number of rotatable bonds is 4. The highest BCUT2D eigenvalue weighted by molar-refractivity contribution is 6.30. The SMILES string of the molecule is O=[N+]([O-])c1ccc(OCc2ccc(Cl)cc2)nc1. The molecule has 0 aliphatic rings. The first kappa shape index (κ1) is 12.3. The summed E-state index contributed by atoms with van der Waals surface area (Å²) in [4.78, 5) is 13.8. The topological polar surface area (TPSA) is 65.3 Å². The minimum Gasteiger partial charge on any atom is -0.473 e. The summed E-state index contributed by atoms with van der Waals surface area (Å²) in [6.45, 7) is 0.335. The first-order chi connectivity index (χ1) is 8.65. The van der Waals surface area contributed by atoms with Gasteiger partial charge in [-0.2, -0.15) is 0 Å². The van der Waals surface area contributed by atoms with Gasteiger partial charge in [0.1, 0.15) is 12.8 Å². The second kappa shape index (κ2) is 5.46. The third-order valence-corrected chi connectivity index (χ3v) is 2.48. The molecule has 1 aromatic heterocycles. The van der Waals surface area contributed by atoms with Crippen LogP contribution in [-0.2, 0) is 6.61 Å². The predicted octanol–water partition coefficient (Wildman–Crippen LogP) is 3.22. The van der Waals surface area contributed by atoms with Crippen molar-refractivity contribution < 1.29 is 9.66 Å². The first-order valence-electron chi connectivity index (χ1n) is 5.13. The Morgan fingerprint density at radius 2 is 1.94 bits per heavy atom. The van der Waals surface area contributed by atoms with Crippen molar-refractivity contribution in [1.82, 2.24) is 4.98 Å². The van der Waals surface area contributed by atoms with E-state index in [1.54, 1.807) is 12.1 Å². The molecule has 0 atom stereocenters. The fraction of sp³-hybridized carbons (Fsp3) is 0.0833. The zero-order valence-electron chi connectivity index (χ0n) is 9.25. The summed E-state index contributed by atoms with van der Waals surface area (Å²) in [6.07, 6.45) is 1.16. The molecule has 5 nitrogen and oxygen atoms in total. The van der Waals surface area contributed by atoms with E-state index in [4.69, 9.17) is 16.3 Å². The quantitative estimate of drug-likeness (QED) is 0.628. The minimum absolute atomic E-state index is 0.0613. The maximum atomic E-state index is 10.4. The number of aromatic nitrogens is 1. The average molecular weight is 265 g/mol. The standard InChI is InChI=1S/C12H9ClN2O3/c13-10-3-1-9(2-4-10)8-18-12-6-5-11(7-14-12)15(16)17/h1-7H,8H2. The van der Waals surface area contributed by atoms with E-state index in [-0.39, 0.29) is 5.69 Å². The monoisotopic (exact) mass is 264 g/mol. The molecule has 0 spiro atoms. The van der Waals surface area contributed by atoms with E-state index in [0.29, 0.717) is 17.5 Å². The Kier molecular flexibility index (Phi) is 3.74. The Morgan fingerprint density at radius 1 is 1.22 bits per heavy atom. The molecule has 0 unspecified atom stereocenters. The summed E-state index contributed by atoms with van der Waals surface area (Å²) in [5.74, 6) is 0.343. The van der Waals surface area contributed by atoms with Gasteiger partial charge in [-0.3, -0.25) is 10.1 Å². The van der Waals surface area contributed by atoms with Crippen LogP contribution in [0.3, 0.4) is 0 Å². The van der Waals surface area contributed by atoms with Crippen LogP contribution >= 0.6 is 11.6 Å². The Bertz CT molecular complexity index is 540. The van der Waals surface area contributed by atoms with Crippen molar-refractivity contribution in [3.8, 4) is 5.88 Å². The largest absolute Gasteiger partial charge is 0.473 e. The Morgan fingerprint density at radius 3 is 2.50 bits per heavy atom. The summed E-state index contributed by atoms with van der Waals surface area (Å²) < 4.78 is 5.39. The Labute approximate surface area is 108 Å². The van der Waals surface area contributed by atoms with Crippen LogP contribution in [0.15, 0.2) is 42.6 Å². The van der Waals surface area contributed by atoms with Crippen LogP contribution in [0, 0.1) is 10.1 Å². The van der Waals surface area contributed by atoms with Crippen molar-refractivity contribution in [2.45, 2.75) is 6.61 Å². The van der Waals surface area contributed by atoms with Crippen LogP contribution in [0.2, 0.25) is 5.02 Å².